The number of nitrogens with zero attached hydrogens (tertiary/aromatic N) is 2. The van der Waals surface area contributed by atoms with Crippen molar-refractivity contribution < 1.29 is 31.2 Å². The lowest BCUT2D eigenvalue weighted by molar-refractivity contribution is -0.137. The number of aromatic nitrogens is 1. The third-order valence-electron chi connectivity index (χ3n) is 11.4. The van der Waals surface area contributed by atoms with E-state index in [0.717, 1.165) is 30.7 Å². The molecule has 3 aromatic rings. The van der Waals surface area contributed by atoms with E-state index in [-0.39, 0.29) is 51.8 Å². The molecule has 4 bridgehead atoms. The summed E-state index contributed by atoms with van der Waals surface area (Å²) in [5, 5.41) is 2.50. The van der Waals surface area contributed by atoms with Gasteiger partial charge in [-0.3, -0.25) is 19.1 Å². The second kappa shape index (κ2) is 11.2. The van der Waals surface area contributed by atoms with Crippen molar-refractivity contribution in [2.45, 2.75) is 58.2 Å². The number of carbonyl (C=O) groups is 2. The van der Waals surface area contributed by atoms with E-state index in [1.807, 2.05) is 19.9 Å². The van der Waals surface area contributed by atoms with Crippen molar-refractivity contribution >= 4 is 38.8 Å². The lowest BCUT2D eigenvalue weighted by Gasteiger charge is -2.44. The maximum absolute atomic E-state index is 14.0. The van der Waals surface area contributed by atoms with Gasteiger partial charge < -0.3 is 14.8 Å². The molecule has 13 heteroatoms. The lowest BCUT2D eigenvalue weighted by Crippen LogP contribution is -2.47. The van der Waals surface area contributed by atoms with Crippen LogP contribution in [0.1, 0.15) is 67.1 Å². The molecule has 9 nitrogen and oxygen atoms in total. The van der Waals surface area contributed by atoms with Crippen LogP contribution in [-0.4, -0.2) is 43.5 Å². The molecule has 2 aromatic carbocycles. The van der Waals surface area contributed by atoms with Crippen LogP contribution >= 0.6 is 0 Å². The minimum Gasteiger partial charge on any atom is -0.369 e. The molecule has 4 aliphatic rings. The Morgan fingerprint density at radius 1 is 1.00 bits per heavy atom. The zero-order valence-electron chi connectivity index (χ0n) is 26.6. The van der Waals surface area contributed by atoms with Crippen LogP contribution in [0.2, 0.25) is 0 Å². The summed E-state index contributed by atoms with van der Waals surface area (Å²) < 4.78 is 72.4. The van der Waals surface area contributed by atoms with Crippen LogP contribution in [0.25, 0.3) is 0 Å². The number of piperidine rings is 1. The first-order chi connectivity index (χ1) is 22.6. The van der Waals surface area contributed by atoms with Gasteiger partial charge in [-0.05, 0) is 79.0 Å². The predicted octanol–water partition coefficient (Wildman–Crippen LogP) is 5.88. The number of nitrogens with one attached hydrogen (secondary N) is 2. The molecule has 2 N–H and O–H groups in total. The number of amides is 1. The number of hydrogen-bond donors (Lipinski definition) is 2. The van der Waals surface area contributed by atoms with Gasteiger partial charge in [0.05, 0.1) is 28.1 Å². The van der Waals surface area contributed by atoms with Gasteiger partial charge in [0.15, 0.2) is 0 Å². The quantitative estimate of drug-likeness (QED) is 0.322. The Morgan fingerprint density at radius 2 is 1.77 bits per heavy atom. The van der Waals surface area contributed by atoms with Gasteiger partial charge in [-0.2, -0.15) is 13.2 Å². The van der Waals surface area contributed by atoms with Crippen molar-refractivity contribution in [3.8, 4) is 0 Å². The molecule has 1 aromatic heterocycles. The molecule has 2 saturated carbocycles. The summed E-state index contributed by atoms with van der Waals surface area (Å²) in [7, 11) is -4.12. The van der Waals surface area contributed by atoms with Gasteiger partial charge in [0, 0.05) is 55.0 Å². The summed E-state index contributed by atoms with van der Waals surface area (Å²) >= 11 is 0. The highest BCUT2D eigenvalue weighted by Crippen LogP contribution is 2.64. The highest BCUT2D eigenvalue weighted by atomic mass is 32.2. The van der Waals surface area contributed by atoms with Gasteiger partial charge in [0.1, 0.15) is 5.78 Å². The summed E-state index contributed by atoms with van der Waals surface area (Å²) in [6.07, 6.45) is -2.08. The number of alkyl halides is 3. The standard InChI is InChI=1S/C35H37F3N4O5S/c1-33(2)24-11-12-34(33,30(43)16-24)20-48(46,47)40-27-14-22(32(45)39-26-6-3-5-25(15-26)35(36,37)38)9-10-29(27)41-17-21-13-23(19-41)28-7-4-8-31(44)42(28)18-21/h3-10,14-15,21,23-24,40H,11-13,16-20H2,1-2H3,(H,39,45)/t21-,23+,24+,34-/m1/s1. The monoisotopic (exact) mass is 682 g/mol. The fraction of sp³-hybridized carbons (Fsp3) is 0.457. The van der Waals surface area contributed by atoms with Crippen molar-refractivity contribution in [1.29, 1.82) is 0 Å². The number of rotatable bonds is 7. The Bertz CT molecular complexity index is 1990. The molecule has 0 unspecified atom stereocenters. The number of Topliss-reactive ketones (excluding diaryl/α,β-unsaturated/α-hetero) is 1. The molecule has 1 amide bonds. The van der Waals surface area contributed by atoms with E-state index in [0.29, 0.717) is 38.2 Å². The highest BCUT2D eigenvalue weighted by Gasteiger charge is 2.65. The molecule has 2 aliphatic carbocycles. The number of sulfonamides is 1. The Morgan fingerprint density at radius 3 is 2.48 bits per heavy atom. The third-order valence-corrected chi connectivity index (χ3v) is 12.8. The van der Waals surface area contributed by atoms with Crippen LogP contribution in [0.15, 0.2) is 65.5 Å². The molecular weight excluding hydrogens is 645 g/mol. The van der Waals surface area contributed by atoms with E-state index in [2.05, 4.69) is 14.9 Å². The number of benzene rings is 2. The minimum atomic E-state index is -4.59. The average Bonchev–Trinajstić information content (AvgIpc) is 3.35. The molecule has 254 valence electrons. The molecule has 0 spiro atoms. The smallest absolute Gasteiger partial charge is 0.369 e. The molecule has 3 fully saturated rings. The first-order valence-corrected chi connectivity index (χ1v) is 17.8. The Kier molecular flexibility index (Phi) is 7.57. The van der Waals surface area contributed by atoms with E-state index in [9.17, 15) is 36.0 Å². The minimum absolute atomic E-state index is 0.0194. The van der Waals surface area contributed by atoms with E-state index < -0.39 is 38.5 Å². The molecule has 1 saturated heterocycles. The third kappa shape index (κ3) is 5.49. The second-order valence-electron chi connectivity index (χ2n) is 14.4. The highest BCUT2D eigenvalue weighted by molar-refractivity contribution is 7.92. The number of ketones is 1. The zero-order chi connectivity index (χ0) is 34.2. The number of pyridine rings is 1. The fourth-order valence-corrected chi connectivity index (χ4v) is 10.6. The van der Waals surface area contributed by atoms with E-state index in [1.165, 1.54) is 24.3 Å². The fourth-order valence-electron chi connectivity index (χ4n) is 8.74. The molecule has 4 atom stereocenters. The van der Waals surface area contributed by atoms with Gasteiger partial charge in [-0.25, -0.2) is 8.42 Å². The van der Waals surface area contributed by atoms with Crippen LogP contribution < -0.4 is 20.5 Å². The van der Waals surface area contributed by atoms with Gasteiger partial charge in [-0.15, -0.1) is 0 Å². The maximum Gasteiger partial charge on any atom is 0.416 e. The van der Waals surface area contributed by atoms with Crippen LogP contribution in [0.3, 0.4) is 0 Å². The van der Waals surface area contributed by atoms with E-state index in [1.54, 1.807) is 22.8 Å². The summed E-state index contributed by atoms with van der Waals surface area (Å²) in [5.41, 5.74) is -0.888. The second-order valence-corrected chi connectivity index (χ2v) is 16.1. The van der Waals surface area contributed by atoms with Crippen molar-refractivity contribution in [1.82, 2.24) is 4.57 Å². The Balaban J connectivity index is 1.22. The zero-order valence-corrected chi connectivity index (χ0v) is 27.5. The molecule has 7 rings (SSSR count). The average molecular weight is 683 g/mol. The van der Waals surface area contributed by atoms with Crippen molar-refractivity contribution in [3.05, 3.63) is 87.8 Å². The largest absolute Gasteiger partial charge is 0.416 e. The molecule has 0 radical (unpaired) electrons. The predicted molar refractivity (Wildman–Crippen MR) is 176 cm³/mol. The first kappa shape index (κ1) is 32.4. The topological polar surface area (TPSA) is 118 Å². The first-order valence-electron chi connectivity index (χ1n) is 16.2. The SMILES string of the molecule is CC1(C)[C@H]2CC[C@@]1(CS(=O)(=O)Nc1cc(C(=O)Nc3cccc(C(F)(F)F)c3)ccc1N1C[C@H]3C[C@@H](C1)c1cccc(=O)n1C3)C(=O)C2. The Labute approximate surface area is 276 Å². The number of anilines is 3. The summed E-state index contributed by atoms with van der Waals surface area (Å²) in [6, 6.07) is 14.1. The van der Waals surface area contributed by atoms with E-state index in [4.69, 9.17) is 0 Å². The molecular formula is C35H37F3N4O5S. The summed E-state index contributed by atoms with van der Waals surface area (Å²) in [6.45, 7) is 5.50. The molecule has 48 heavy (non-hydrogen) atoms. The van der Waals surface area contributed by atoms with Gasteiger partial charge in [-0.1, -0.05) is 26.0 Å². The van der Waals surface area contributed by atoms with E-state index >= 15 is 0 Å². The van der Waals surface area contributed by atoms with Crippen molar-refractivity contribution in [3.63, 3.8) is 0 Å². The summed E-state index contributed by atoms with van der Waals surface area (Å²) in [5.74, 6) is -0.872. The van der Waals surface area contributed by atoms with Crippen LogP contribution in [0.4, 0.5) is 30.2 Å². The van der Waals surface area contributed by atoms with Gasteiger partial charge >= 0.3 is 6.18 Å². The normalized spacial score (nSPS) is 25.9. The number of halogens is 3. The number of fused-ring (bicyclic) bond motifs is 6. The lowest BCUT2D eigenvalue weighted by atomic mass is 9.70. The van der Waals surface area contributed by atoms with Crippen LogP contribution in [-0.2, 0) is 27.5 Å². The maximum atomic E-state index is 14.0. The molecule has 2 aliphatic heterocycles. The Hall–Kier alpha value is -4.13. The van der Waals surface area contributed by atoms with Crippen molar-refractivity contribution in [2.24, 2.45) is 22.7 Å². The number of carbonyl (C=O) groups excluding carboxylic acids is 2. The van der Waals surface area contributed by atoms with Gasteiger partial charge in [0.2, 0.25) is 10.0 Å². The van der Waals surface area contributed by atoms with Crippen LogP contribution in [0.5, 0.6) is 0 Å². The summed E-state index contributed by atoms with van der Waals surface area (Å²) in [4.78, 5) is 41.2. The van der Waals surface area contributed by atoms with Gasteiger partial charge in [0.25, 0.3) is 11.5 Å². The number of hydrogen-bond acceptors (Lipinski definition) is 6. The van der Waals surface area contributed by atoms with Crippen molar-refractivity contribution in [2.75, 3.05) is 33.8 Å². The van der Waals surface area contributed by atoms with Crippen LogP contribution in [0, 0.1) is 22.7 Å². The molecule has 3 heterocycles.